The zero-order chi connectivity index (χ0) is 16.7. The van der Waals surface area contributed by atoms with Crippen molar-refractivity contribution in [2.45, 2.75) is 32.2 Å². The van der Waals surface area contributed by atoms with E-state index in [9.17, 15) is 4.79 Å². The fourth-order valence-electron chi connectivity index (χ4n) is 2.16. The van der Waals surface area contributed by atoms with E-state index in [0.717, 1.165) is 6.42 Å². The van der Waals surface area contributed by atoms with Crippen LogP contribution in [-0.4, -0.2) is 28.1 Å². The van der Waals surface area contributed by atoms with E-state index in [2.05, 4.69) is 10.3 Å². The fourth-order valence-corrected chi connectivity index (χ4v) is 2.16. The van der Waals surface area contributed by atoms with Gasteiger partial charge in [0.15, 0.2) is 0 Å². The van der Waals surface area contributed by atoms with Crippen LogP contribution < -0.4 is 10.1 Å². The largest absolute Gasteiger partial charge is 0.457 e. The third-order valence-corrected chi connectivity index (χ3v) is 3.84. The lowest BCUT2D eigenvalue weighted by Gasteiger charge is -2.29. The van der Waals surface area contributed by atoms with E-state index >= 15 is 0 Å². The molecule has 0 radical (unpaired) electrons. The highest BCUT2D eigenvalue weighted by Gasteiger charge is 2.24. The van der Waals surface area contributed by atoms with Crippen LogP contribution in [-0.2, 0) is 0 Å². The summed E-state index contributed by atoms with van der Waals surface area (Å²) in [6.07, 6.45) is 4.55. The van der Waals surface area contributed by atoms with Gasteiger partial charge < -0.3 is 15.2 Å². The Balaban J connectivity index is 2.11. The Morgan fingerprint density at radius 1 is 1.26 bits per heavy atom. The van der Waals surface area contributed by atoms with Gasteiger partial charge in [0.2, 0.25) is 0 Å². The van der Waals surface area contributed by atoms with Crippen LogP contribution in [0.1, 0.15) is 37.0 Å². The van der Waals surface area contributed by atoms with Gasteiger partial charge in [-0.2, -0.15) is 0 Å². The molecule has 1 amide bonds. The number of ether oxygens (including phenoxy) is 1. The van der Waals surface area contributed by atoms with Gasteiger partial charge in [0.05, 0.1) is 0 Å². The maximum atomic E-state index is 12.4. The minimum absolute atomic E-state index is 0.0375. The molecule has 0 aliphatic heterocycles. The topological polar surface area (TPSA) is 71.5 Å². The van der Waals surface area contributed by atoms with Crippen LogP contribution in [0.15, 0.2) is 48.8 Å². The van der Waals surface area contributed by atoms with E-state index in [1.54, 1.807) is 48.8 Å². The SMILES string of the molecule is CCC(C)(CCO)NC(=O)c1cccc(Oc2ccncc2)c1. The van der Waals surface area contributed by atoms with Gasteiger partial charge in [0, 0.05) is 30.1 Å². The Labute approximate surface area is 136 Å². The number of aromatic nitrogens is 1. The summed E-state index contributed by atoms with van der Waals surface area (Å²) in [5, 5.41) is 12.1. The van der Waals surface area contributed by atoms with Crippen LogP contribution in [0.2, 0.25) is 0 Å². The number of rotatable bonds is 7. The molecule has 0 spiro atoms. The summed E-state index contributed by atoms with van der Waals surface area (Å²) >= 11 is 0. The van der Waals surface area contributed by atoms with Crippen molar-refractivity contribution < 1.29 is 14.6 Å². The Kier molecular flexibility index (Phi) is 5.71. The molecule has 0 bridgehead atoms. The lowest BCUT2D eigenvalue weighted by molar-refractivity contribution is 0.0886. The number of aliphatic hydroxyl groups excluding tert-OH is 1. The van der Waals surface area contributed by atoms with Crippen molar-refractivity contribution in [3.8, 4) is 11.5 Å². The summed E-state index contributed by atoms with van der Waals surface area (Å²) in [6.45, 7) is 3.95. The summed E-state index contributed by atoms with van der Waals surface area (Å²) in [6, 6.07) is 10.5. The number of hydrogen-bond acceptors (Lipinski definition) is 4. The molecule has 0 saturated heterocycles. The number of pyridine rings is 1. The second kappa shape index (κ2) is 7.74. The predicted molar refractivity (Wildman–Crippen MR) is 88.6 cm³/mol. The average molecular weight is 314 g/mol. The molecule has 1 unspecified atom stereocenters. The molecule has 0 aliphatic rings. The second-order valence-electron chi connectivity index (χ2n) is 5.65. The van der Waals surface area contributed by atoms with Gasteiger partial charge >= 0.3 is 0 Å². The molecule has 2 rings (SSSR count). The Morgan fingerprint density at radius 3 is 2.65 bits per heavy atom. The number of hydrogen-bond donors (Lipinski definition) is 2. The van der Waals surface area contributed by atoms with E-state index in [1.807, 2.05) is 13.8 Å². The zero-order valence-electron chi connectivity index (χ0n) is 13.5. The van der Waals surface area contributed by atoms with Crippen LogP contribution in [0.4, 0.5) is 0 Å². The highest BCUT2D eigenvalue weighted by molar-refractivity contribution is 5.95. The number of nitrogens with zero attached hydrogens (tertiary/aromatic N) is 1. The molecule has 0 aliphatic carbocycles. The maximum Gasteiger partial charge on any atom is 0.251 e. The van der Waals surface area contributed by atoms with Crippen molar-refractivity contribution in [2.75, 3.05) is 6.61 Å². The third kappa shape index (κ3) is 4.79. The van der Waals surface area contributed by atoms with Gasteiger partial charge in [-0.3, -0.25) is 9.78 Å². The highest BCUT2D eigenvalue weighted by Crippen LogP contribution is 2.22. The summed E-state index contributed by atoms with van der Waals surface area (Å²) in [7, 11) is 0. The second-order valence-corrected chi connectivity index (χ2v) is 5.65. The molecule has 1 aromatic heterocycles. The normalized spacial score (nSPS) is 13.2. The van der Waals surface area contributed by atoms with E-state index in [0.29, 0.717) is 23.5 Å². The Morgan fingerprint density at radius 2 is 2.00 bits per heavy atom. The van der Waals surface area contributed by atoms with Gasteiger partial charge in [-0.1, -0.05) is 13.0 Å². The number of carbonyl (C=O) groups is 1. The van der Waals surface area contributed by atoms with E-state index in [1.165, 1.54) is 0 Å². The van der Waals surface area contributed by atoms with Crippen molar-refractivity contribution >= 4 is 5.91 Å². The first-order valence-corrected chi connectivity index (χ1v) is 7.67. The van der Waals surface area contributed by atoms with Gasteiger partial charge in [-0.05, 0) is 50.1 Å². The molecule has 1 heterocycles. The molecule has 2 aromatic rings. The van der Waals surface area contributed by atoms with Crippen LogP contribution in [0.5, 0.6) is 11.5 Å². The van der Waals surface area contributed by atoms with Crippen LogP contribution >= 0.6 is 0 Å². The molecule has 23 heavy (non-hydrogen) atoms. The Bertz CT molecular complexity index is 646. The molecule has 1 atom stereocenters. The smallest absolute Gasteiger partial charge is 0.251 e. The highest BCUT2D eigenvalue weighted by atomic mass is 16.5. The number of carbonyl (C=O) groups excluding carboxylic acids is 1. The summed E-state index contributed by atoms with van der Waals surface area (Å²) < 4.78 is 5.71. The molecule has 2 N–H and O–H groups in total. The molecule has 122 valence electrons. The maximum absolute atomic E-state index is 12.4. The third-order valence-electron chi connectivity index (χ3n) is 3.84. The van der Waals surface area contributed by atoms with Crippen molar-refractivity contribution in [1.82, 2.24) is 10.3 Å². The molecule has 5 heteroatoms. The number of nitrogens with one attached hydrogen (secondary N) is 1. The van der Waals surface area contributed by atoms with Crippen LogP contribution in [0.25, 0.3) is 0 Å². The first kappa shape index (κ1) is 17.0. The standard InChI is InChI=1S/C18H22N2O3/c1-3-18(2,9-12-21)20-17(22)14-5-4-6-16(13-14)23-15-7-10-19-11-8-15/h4-8,10-11,13,21H,3,9,12H2,1-2H3,(H,20,22). The first-order valence-electron chi connectivity index (χ1n) is 7.67. The van der Waals surface area contributed by atoms with Crippen molar-refractivity contribution in [2.24, 2.45) is 0 Å². The number of benzene rings is 1. The summed E-state index contributed by atoms with van der Waals surface area (Å²) in [5.41, 5.74) is 0.0996. The van der Waals surface area contributed by atoms with E-state index < -0.39 is 5.54 Å². The molecule has 0 saturated carbocycles. The summed E-state index contributed by atoms with van der Waals surface area (Å²) in [4.78, 5) is 16.4. The van der Waals surface area contributed by atoms with Gasteiger partial charge in [0.1, 0.15) is 11.5 Å². The first-order chi connectivity index (χ1) is 11.1. The van der Waals surface area contributed by atoms with Crippen molar-refractivity contribution in [3.63, 3.8) is 0 Å². The number of aliphatic hydroxyl groups is 1. The van der Waals surface area contributed by atoms with E-state index in [-0.39, 0.29) is 12.5 Å². The van der Waals surface area contributed by atoms with Gasteiger partial charge in [-0.15, -0.1) is 0 Å². The average Bonchev–Trinajstić information content (AvgIpc) is 2.56. The van der Waals surface area contributed by atoms with Gasteiger partial charge in [-0.25, -0.2) is 0 Å². The Hall–Kier alpha value is -2.40. The monoisotopic (exact) mass is 314 g/mol. The molecular formula is C18H22N2O3. The molecule has 5 nitrogen and oxygen atoms in total. The summed E-state index contributed by atoms with van der Waals surface area (Å²) in [5.74, 6) is 1.07. The van der Waals surface area contributed by atoms with Crippen molar-refractivity contribution in [1.29, 1.82) is 0 Å². The predicted octanol–water partition coefficient (Wildman–Crippen LogP) is 3.15. The minimum atomic E-state index is -0.423. The van der Waals surface area contributed by atoms with Crippen molar-refractivity contribution in [3.05, 3.63) is 54.4 Å². The lowest BCUT2D eigenvalue weighted by Crippen LogP contribution is -2.46. The molecule has 0 fully saturated rings. The number of amides is 1. The fraction of sp³-hybridized carbons (Fsp3) is 0.333. The van der Waals surface area contributed by atoms with Crippen LogP contribution in [0.3, 0.4) is 0 Å². The minimum Gasteiger partial charge on any atom is -0.457 e. The zero-order valence-corrected chi connectivity index (χ0v) is 13.5. The molecular weight excluding hydrogens is 292 g/mol. The van der Waals surface area contributed by atoms with E-state index in [4.69, 9.17) is 9.84 Å². The lowest BCUT2D eigenvalue weighted by atomic mass is 9.94. The van der Waals surface area contributed by atoms with Gasteiger partial charge in [0.25, 0.3) is 5.91 Å². The quantitative estimate of drug-likeness (QED) is 0.823. The molecule has 1 aromatic carbocycles. The van der Waals surface area contributed by atoms with Crippen LogP contribution in [0, 0.1) is 0 Å².